The number of rotatable bonds is 5. The van der Waals surface area contributed by atoms with Gasteiger partial charge >= 0.3 is 11.9 Å². The zero-order valence-electron chi connectivity index (χ0n) is 21.9. The van der Waals surface area contributed by atoms with Crippen LogP contribution >= 0.6 is 0 Å². The number of likely N-dealkylation sites (tertiary alicyclic amines) is 1. The van der Waals surface area contributed by atoms with E-state index in [4.69, 9.17) is 0 Å². The number of hydrogen-bond acceptors (Lipinski definition) is 4. The molecule has 3 aromatic heterocycles. The largest absolute Gasteiger partial charge is 0.418 e. The van der Waals surface area contributed by atoms with Gasteiger partial charge in [0.05, 0.1) is 22.2 Å². The Morgan fingerprint density at radius 3 is 2.41 bits per heavy atom. The molecule has 0 unspecified atom stereocenters. The highest BCUT2D eigenvalue weighted by Gasteiger charge is 2.44. The number of benzene rings is 1. The fourth-order valence-electron chi connectivity index (χ4n) is 6.02. The minimum Gasteiger partial charge on any atom is -0.320 e. The van der Waals surface area contributed by atoms with Gasteiger partial charge in [-0.15, -0.1) is 10.2 Å². The van der Waals surface area contributed by atoms with Crippen molar-refractivity contribution in [2.24, 2.45) is 7.05 Å². The molecule has 206 valence electrons. The van der Waals surface area contributed by atoms with E-state index in [2.05, 4.69) is 10.2 Å². The summed E-state index contributed by atoms with van der Waals surface area (Å²) in [5, 5.41) is 8.37. The zero-order valence-corrected chi connectivity index (χ0v) is 21.9. The van der Waals surface area contributed by atoms with Gasteiger partial charge in [0, 0.05) is 39.1 Å². The molecule has 0 bridgehead atoms. The maximum absolute atomic E-state index is 14.2. The summed E-state index contributed by atoms with van der Waals surface area (Å²) in [6.45, 7) is 2.66. The van der Waals surface area contributed by atoms with E-state index in [0.29, 0.717) is 37.2 Å². The van der Waals surface area contributed by atoms with Crippen molar-refractivity contribution in [1.82, 2.24) is 28.6 Å². The Hall–Kier alpha value is -3.47. The molecule has 1 aliphatic carbocycles. The third-order valence-electron chi connectivity index (χ3n) is 8.46. The van der Waals surface area contributed by atoms with Crippen LogP contribution in [0.2, 0.25) is 0 Å². The van der Waals surface area contributed by atoms with Gasteiger partial charge in [-0.05, 0) is 61.9 Å². The van der Waals surface area contributed by atoms with Gasteiger partial charge in [0.15, 0.2) is 0 Å². The first-order chi connectivity index (χ1) is 18.5. The quantitative estimate of drug-likeness (QED) is 0.332. The van der Waals surface area contributed by atoms with Crippen molar-refractivity contribution in [3.8, 4) is 5.69 Å². The summed E-state index contributed by atoms with van der Waals surface area (Å²) in [7, 11) is 1.89. The van der Waals surface area contributed by atoms with Crippen molar-refractivity contribution >= 4 is 5.52 Å². The third kappa shape index (κ3) is 4.46. The number of fused-ring (bicyclic) bond motifs is 1. The van der Waals surface area contributed by atoms with Crippen molar-refractivity contribution in [2.75, 3.05) is 13.1 Å². The van der Waals surface area contributed by atoms with Crippen molar-refractivity contribution in [3.63, 3.8) is 0 Å². The van der Waals surface area contributed by atoms with Crippen molar-refractivity contribution < 1.29 is 17.6 Å². The number of hydrogen-bond donors (Lipinski definition) is 0. The second-order valence-corrected chi connectivity index (χ2v) is 11.2. The van der Waals surface area contributed by atoms with Gasteiger partial charge in [-0.25, -0.2) is 9.18 Å². The summed E-state index contributed by atoms with van der Waals surface area (Å²) in [6, 6.07) is 8.49. The molecule has 2 fully saturated rings. The highest BCUT2D eigenvalue weighted by Crippen LogP contribution is 2.48. The van der Waals surface area contributed by atoms with E-state index in [0.717, 1.165) is 41.1 Å². The maximum atomic E-state index is 14.2. The van der Waals surface area contributed by atoms with Crippen molar-refractivity contribution in [1.29, 1.82) is 0 Å². The summed E-state index contributed by atoms with van der Waals surface area (Å²) >= 11 is 0. The molecule has 0 amide bonds. The number of piperidine rings is 1. The molecule has 1 aliphatic heterocycles. The van der Waals surface area contributed by atoms with Crippen LogP contribution in [0.5, 0.6) is 0 Å². The highest BCUT2D eigenvalue weighted by atomic mass is 19.4. The minimum absolute atomic E-state index is 0.205. The van der Waals surface area contributed by atoms with E-state index in [1.54, 1.807) is 19.3 Å². The fraction of sp³-hybridized carbons (Fsp3) is 0.464. The molecule has 39 heavy (non-hydrogen) atoms. The van der Waals surface area contributed by atoms with Crippen molar-refractivity contribution in [3.05, 3.63) is 82.1 Å². The molecule has 1 aromatic carbocycles. The lowest BCUT2D eigenvalue weighted by Gasteiger charge is -2.41. The van der Waals surface area contributed by atoms with Crippen LogP contribution in [0.3, 0.4) is 0 Å². The Kier molecular flexibility index (Phi) is 5.98. The molecule has 11 heteroatoms. The molecule has 0 radical (unpaired) electrons. The Morgan fingerprint density at radius 1 is 1.05 bits per heavy atom. The summed E-state index contributed by atoms with van der Waals surface area (Å²) in [5.41, 5.74) is -1.46. The van der Waals surface area contributed by atoms with Gasteiger partial charge in [0.1, 0.15) is 17.8 Å². The zero-order chi connectivity index (χ0) is 27.6. The number of nitrogens with zero attached hydrogens (tertiary/aromatic N) is 6. The van der Waals surface area contributed by atoms with Crippen LogP contribution in [0.25, 0.3) is 11.2 Å². The molecule has 4 aromatic rings. The van der Waals surface area contributed by atoms with Crippen molar-refractivity contribution in [2.45, 2.75) is 62.8 Å². The smallest absolute Gasteiger partial charge is 0.320 e. The summed E-state index contributed by atoms with van der Waals surface area (Å²) in [4.78, 5) is 15.5. The minimum atomic E-state index is -4.65. The van der Waals surface area contributed by atoms with Gasteiger partial charge in [-0.1, -0.05) is 18.6 Å². The average Bonchev–Trinajstić information content (AvgIpc) is 3.42. The average molecular weight is 543 g/mol. The van der Waals surface area contributed by atoms with Crippen LogP contribution in [0.4, 0.5) is 17.6 Å². The second-order valence-electron chi connectivity index (χ2n) is 11.2. The molecule has 4 heterocycles. The predicted molar refractivity (Wildman–Crippen MR) is 138 cm³/mol. The van der Waals surface area contributed by atoms with Crippen LogP contribution in [0.15, 0.2) is 53.8 Å². The number of imidazole rings is 1. The molecular formula is C28H30F4N6O. The van der Waals surface area contributed by atoms with E-state index in [1.165, 1.54) is 17.0 Å². The summed E-state index contributed by atoms with van der Waals surface area (Å²) < 4.78 is 61.0. The number of alkyl halides is 4. The fourth-order valence-corrected chi connectivity index (χ4v) is 6.02. The van der Waals surface area contributed by atoms with Crippen LogP contribution in [0, 0.1) is 0 Å². The van der Waals surface area contributed by atoms with Crippen LogP contribution in [-0.2, 0) is 25.2 Å². The molecule has 1 saturated heterocycles. The van der Waals surface area contributed by atoms with E-state index in [1.807, 2.05) is 34.7 Å². The number of halogens is 4. The van der Waals surface area contributed by atoms with Crippen LogP contribution in [-0.4, -0.2) is 47.4 Å². The van der Waals surface area contributed by atoms with E-state index in [9.17, 15) is 22.4 Å². The van der Waals surface area contributed by atoms with Gasteiger partial charge in [-0.2, -0.15) is 13.2 Å². The first-order valence-electron chi connectivity index (χ1n) is 13.2. The molecular weight excluding hydrogens is 512 g/mol. The maximum Gasteiger partial charge on any atom is 0.418 e. The standard InChI is InChI=1S/C28H30F4N6O/c1-26(29)9-11-36(12-10-26)15-19-13-22(28(30,31)32)23-17-37(25(39)38(23)16-19)21-6-3-5-20(14-21)27(7-4-8-27)24-34-33-18-35(24)2/h3,5-6,13-14,16-18H,4,7-12,15H2,1-2H3. The highest BCUT2D eigenvalue weighted by molar-refractivity contribution is 5.58. The van der Waals surface area contributed by atoms with E-state index >= 15 is 0 Å². The van der Waals surface area contributed by atoms with Gasteiger partial charge < -0.3 is 4.57 Å². The van der Waals surface area contributed by atoms with Gasteiger partial charge in [0.2, 0.25) is 0 Å². The Labute approximate surface area is 222 Å². The number of aromatic nitrogens is 5. The third-order valence-corrected chi connectivity index (χ3v) is 8.46. The van der Waals surface area contributed by atoms with E-state index in [-0.39, 0.29) is 17.5 Å². The lowest BCUT2D eigenvalue weighted by molar-refractivity contribution is -0.136. The monoisotopic (exact) mass is 542 g/mol. The first-order valence-corrected chi connectivity index (χ1v) is 13.2. The van der Waals surface area contributed by atoms with E-state index < -0.39 is 23.1 Å². The molecule has 6 rings (SSSR count). The molecule has 7 nitrogen and oxygen atoms in total. The topological polar surface area (TPSA) is 60.4 Å². The predicted octanol–water partition coefficient (Wildman–Crippen LogP) is 5.03. The normalized spacial score (nSPS) is 19.3. The first kappa shape index (κ1) is 25.8. The molecule has 2 aliphatic rings. The van der Waals surface area contributed by atoms with Crippen LogP contribution in [0.1, 0.15) is 61.5 Å². The second kappa shape index (κ2) is 9.04. The molecule has 1 saturated carbocycles. The number of pyridine rings is 1. The lowest BCUT2D eigenvalue weighted by atomic mass is 9.63. The number of aryl methyl sites for hydroxylation is 1. The lowest BCUT2D eigenvalue weighted by Crippen LogP contribution is -2.39. The van der Waals surface area contributed by atoms with Gasteiger partial charge in [-0.3, -0.25) is 13.9 Å². The summed E-state index contributed by atoms with van der Waals surface area (Å²) in [6.07, 6.45) is 3.15. The summed E-state index contributed by atoms with van der Waals surface area (Å²) in [5.74, 6) is 0.829. The SMILES string of the molecule is Cn1cnnc1C1(c2cccc(-n3cc4c(C(F)(F)F)cc(CN5CCC(C)(F)CC5)cn4c3=O)c2)CCC1. The Bertz CT molecular complexity index is 1580. The molecule has 0 atom stereocenters. The molecule has 0 N–H and O–H groups in total. The Morgan fingerprint density at radius 2 is 1.79 bits per heavy atom. The molecule has 0 spiro atoms. The van der Waals surface area contributed by atoms with Gasteiger partial charge in [0.25, 0.3) is 0 Å². The Balaban J connectivity index is 1.41. The van der Waals surface area contributed by atoms with Crippen LogP contribution < -0.4 is 5.69 Å².